The van der Waals surface area contributed by atoms with Crippen LogP contribution in [0.15, 0.2) is 78.0 Å². The summed E-state index contributed by atoms with van der Waals surface area (Å²) in [5.74, 6) is -0.00595. The van der Waals surface area contributed by atoms with Crippen LogP contribution in [-0.2, 0) is 24.2 Å². The van der Waals surface area contributed by atoms with E-state index in [1.54, 1.807) is 6.20 Å². The first-order valence-corrected chi connectivity index (χ1v) is 10.5. The van der Waals surface area contributed by atoms with Crippen LogP contribution >= 0.6 is 0 Å². The number of pyridine rings is 1. The van der Waals surface area contributed by atoms with Gasteiger partial charge in [-0.25, -0.2) is 9.67 Å². The molecule has 6 rings (SSSR count). The highest BCUT2D eigenvalue weighted by Crippen LogP contribution is 2.32. The summed E-state index contributed by atoms with van der Waals surface area (Å²) in [6.45, 7) is 0.438. The van der Waals surface area contributed by atoms with Gasteiger partial charge in [-0.3, -0.25) is 9.59 Å². The quantitative estimate of drug-likeness (QED) is 0.482. The van der Waals surface area contributed by atoms with E-state index in [2.05, 4.69) is 15.4 Å². The lowest BCUT2D eigenvalue weighted by Gasteiger charge is -2.10. The number of imidazole rings is 1. The molecule has 5 aromatic rings. The minimum Gasteiger partial charge on any atom is -0.326 e. The molecule has 4 heterocycles. The maximum atomic E-state index is 13.4. The average Bonchev–Trinajstić information content (AvgIpc) is 3.39. The van der Waals surface area contributed by atoms with Crippen LogP contribution in [0.2, 0.25) is 0 Å². The summed E-state index contributed by atoms with van der Waals surface area (Å²) in [4.78, 5) is 29.7. The SMILES string of the molecule is O=C1Cc2ccc(-c3cccc4cnn(CCc5cn6ccccc6n5)c(=O)c34)cc2N1. The third-order valence-electron chi connectivity index (χ3n) is 5.92. The molecule has 3 aromatic heterocycles. The summed E-state index contributed by atoms with van der Waals surface area (Å²) in [6.07, 6.45) is 6.67. The Labute approximate surface area is 183 Å². The van der Waals surface area contributed by atoms with Gasteiger partial charge in [-0.1, -0.05) is 36.4 Å². The van der Waals surface area contributed by atoms with Crippen LogP contribution < -0.4 is 10.9 Å². The number of carbonyl (C=O) groups is 1. The zero-order chi connectivity index (χ0) is 21.7. The predicted molar refractivity (Wildman–Crippen MR) is 123 cm³/mol. The molecule has 7 nitrogen and oxygen atoms in total. The number of rotatable bonds is 4. The fourth-order valence-corrected chi connectivity index (χ4v) is 4.34. The summed E-state index contributed by atoms with van der Waals surface area (Å²) in [6, 6.07) is 17.5. The fraction of sp³-hybridized carbons (Fsp3) is 0.120. The van der Waals surface area contributed by atoms with Gasteiger partial charge in [0.25, 0.3) is 5.56 Å². The second kappa shape index (κ2) is 7.16. The van der Waals surface area contributed by atoms with E-state index in [0.29, 0.717) is 24.8 Å². The first kappa shape index (κ1) is 18.5. The second-order valence-corrected chi connectivity index (χ2v) is 7.99. The van der Waals surface area contributed by atoms with Crippen LogP contribution in [0.4, 0.5) is 5.69 Å². The van der Waals surface area contributed by atoms with Crippen molar-refractivity contribution < 1.29 is 4.79 Å². The molecule has 0 atom stereocenters. The maximum Gasteiger partial charge on any atom is 0.275 e. The van der Waals surface area contributed by atoms with E-state index in [4.69, 9.17) is 0 Å². The van der Waals surface area contributed by atoms with Gasteiger partial charge in [-0.2, -0.15) is 5.10 Å². The summed E-state index contributed by atoms with van der Waals surface area (Å²) < 4.78 is 3.47. The first-order chi connectivity index (χ1) is 15.7. The van der Waals surface area contributed by atoms with Crippen molar-refractivity contribution in [1.29, 1.82) is 0 Å². The average molecular weight is 421 g/mol. The van der Waals surface area contributed by atoms with Crippen molar-refractivity contribution in [3.05, 3.63) is 94.8 Å². The van der Waals surface area contributed by atoms with Crippen LogP contribution in [-0.4, -0.2) is 25.1 Å². The summed E-state index contributed by atoms with van der Waals surface area (Å²) in [5.41, 5.74) is 5.18. The zero-order valence-electron chi connectivity index (χ0n) is 17.2. The number of anilines is 1. The molecule has 1 aliphatic heterocycles. The number of nitrogens with one attached hydrogen (secondary N) is 1. The number of fused-ring (bicyclic) bond motifs is 3. The number of nitrogens with zero attached hydrogens (tertiary/aromatic N) is 4. The molecule has 2 aromatic carbocycles. The molecule has 7 heteroatoms. The van der Waals surface area contributed by atoms with Gasteiger partial charge in [0.15, 0.2) is 0 Å². The fourth-order valence-electron chi connectivity index (χ4n) is 4.34. The Morgan fingerprint density at radius 2 is 1.97 bits per heavy atom. The molecule has 1 amide bonds. The van der Waals surface area contributed by atoms with Gasteiger partial charge in [0.1, 0.15) is 5.65 Å². The standard InChI is InChI=1S/C25H19N5O2/c31-23-13-17-8-7-16(12-21(17)28-23)20-5-3-4-18-14-26-30(25(32)24(18)20)11-9-19-15-29-10-2-1-6-22(29)27-19/h1-8,10,12,14-15H,9,11,13H2,(H,28,31). The van der Waals surface area contributed by atoms with Gasteiger partial charge >= 0.3 is 0 Å². The van der Waals surface area contributed by atoms with E-state index in [9.17, 15) is 9.59 Å². The lowest BCUT2D eigenvalue weighted by Crippen LogP contribution is -2.24. The largest absolute Gasteiger partial charge is 0.326 e. The van der Waals surface area contributed by atoms with E-state index in [0.717, 1.165) is 39.1 Å². The number of hydrogen-bond acceptors (Lipinski definition) is 4. The molecule has 32 heavy (non-hydrogen) atoms. The lowest BCUT2D eigenvalue weighted by atomic mass is 9.98. The van der Waals surface area contributed by atoms with E-state index >= 15 is 0 Å². The van der Waals surface area contributed by atoms with Gasteiger partial charge in [-0.05, 0) is 34.9 Å². The highest BCUT2D eigenvalue weighted by Gasteiger charge is 2.19. The van der Waals surface area contributed by atoms with E-state index in [1.807, 2.05) is 71.4 Å². The molecule has 1 aliphatic rings. The van der Waals surface area contributed by atoms with E-state index in [-0.39, 0.29) is 11.5 Å². The number of amides is 1. The van der Waals surface area contributed by atoms with Crippen molar-refractivity contribution in [3.8, 4) is 11.1 Å². The summed E-state index contributed by atoms with van der Waals surface area (Å²) in [7, 11) is 0. The number of hydrogen-bond donors (Lipinski definition) is 1. The van der Waals surface area contributed by atoms with Crippen LogP contribution in [0.5, 0.6) is 0 Å². The molecule has 156 valence electrons. The Morgan fingerprint density at radius 3 is 2.88 bits per heavy atom. The Balaban J connectivity index is 1.38. The van der Waals surface area contributed by atoms with Gasteiger partial charge in [-0.15, -0.1) is 0 Å². The Morgan fingerprint density at radius 1 is 1.03 bits per heavy atom. The molecule has 0 radical (unpaired) electrons. The molecule has 0 spiro atoms. The molecule has 0 saturated heterocycles. The third-order valence-corrected chi connectivity index (χ3v) is 5.92. The van der Waals surface area contributed by atoms with Crippen LogP contribution in [0.25, 0.3) is 27.5 Å². The number of aromatic nitrogens is 4. The number of benzene rings is 2. The van der Waals surface area contributed by atoms with Crippen molar-refractivity contribution in [2.24, 2.45) is 0 Å². The number of aryl methyl sites for hydroxylation is 2. The zero-order valence-corrected chi connectivity index (χ0v) is 17.2. The van der Waals surface area contributed by atoms with Crippen molar-refractivity contribution in [2.45, 2.75) is 19.4 Å². The highest BCUT2D eigenvalue weighted by atomic mass is 16.2. The molecular weight excluding hydrogens is 402 g/mol. The molecule has 0 bridgehead atoms. The molecule has 0 saturated carbocycles. The molecular formula is C25H19N5O2. The van der Waals surface area contributed by atoms with Gasteiger partial charge in [0.05, 0.1) is 30.2 Å². The lowest BCUT2D eigenvalue weighted by molar-refractivity contribution is -0.115. The van der Waals surface area contributed by atoms with Gasteiger partial charge < -0.3 is 9.72 Å². The summed E-state index contributed by atoms with van der Waals surface area (Å²) in [5, 5.41) is 8.70. The Kier molecular flexibility index (Phi) is 4.14. The predicted octanol–water partition coefficient (Wildman–Crippen LogP) is 3.45. The number of carbonyl (C=O) groups excluding carboxylic acids is 1. The molecule has 1 N–H and O–H groups in total. The normalized spacial score (nSPS) is 12.9. The Hall–Kier alpha value is -4.26. The van der Waals surface area contributed by atoms with Crippen molar-refractivity contribution in [1.82, 2.24) is 19.2 Å². The smallest absolute Gasteiger partial charge is 0.275 e. The van der Waals surface area contributed by atoms with Crippen LogP contribution in [0, 0.1) is 0 Å². The van der Waals surface area contributed by atoms with Crippen LogP contribution in [0.3, 0.4) is 0 Å². The topological polar surface area (TPSA) is 81.3 Å². The van der Waals surface area contributed by atoms with Gasteiger partial charge in [0, 0.05) is 29.9 Å². The van der Waals surface area contributed by atoms with Crippen LogP contribution in [0.1, 0.15) is 11.3 Å². The monoisotopic (exact) mass is 421 g/mol. The Bertz CT molecular complexity index is 1550. The van der Waals surface area contributed by atoms with Gasteiger partial charge in [0.2, 0.25) is 5.91 Å². The second-order valence-electron chi connectivity index (χ2n) is 7.99. The first-order valence-electron chi connectivity index (χ1n) is 10.5. The van der Waals surface area contributed by atoms with E-state index in [1.165, 1.54) is 4.68 Å². The highest BCUT2D eigenvalue weighted by molar-refractivity contribution is 6.01. The van der Waals surface area contributed by atoms with Crippen molar-refractivity contribution >= 4 is 28.0 Å². The van der Waals surface area contributed by atoms with E-state index < -0.39 is 0 Å². The molecule has 0 unspecified atom stereocenters. The third kappa shape index (κ3) is 3.06. The van der Waals surface area contributed by atoms with Crippen molar-refractivity contribution in [3.63, 3.8) is 0 Å². The minimum atomic E-state index is -0.133. The minimum absolute atomic E-state index is 0.00595. The molecule has 0 aliphatic carbocycles. The van der Waals surface area contributed by atoms with Crippen molar-refractivity contribution in [2.75, 3.05) is 5.32 Å². The summed E-state index contributed by atoms with van der Waals surface area (Å²) >= 11 is 0. The molecule has 0 fully saturated rings. The maximum absolute atomic E-state index is 13.4.